The molecule has 31 heavy (non-hydrogen) atoms. The fourth-order valence-electron chi connectivity index (χ4n) is 3.52. The Balaban J connectivity index is 1.78. The molecule has 0 radical (unpaired) electrons. The summed E-state index contributed by atoms with van der Waals surface area (Å²) in [4.78, 5) is 16.6. The Morgan fingerprint density at radius 2 is 1.84 bits per heavy atom. The van der Waals surface area contributed by atoms with Crippen LogP contribution >= 0.6 is 11.8 Å². The maximum atomic E-state index is 13.7. The first kappa shape index (κ1) is 21.0. The van der Waals surface area contributed by atoms with Crippen molar-refractivity contribution in [3.05, 3.63) is 82.6 Å². The van der Waals surface area contributed by atoms with E-state index < -0.39 is 23.7 Å². The standard InChI is InChI=1S/C21H18F3N5OS/c1-12-16(18(25)30)17(14-9-5-6-10-15(14)21(22,23)24)29-19(26-12)27-20(28-29)31-11-13-7-3-2-4-8-13/h2-10,17H,11H2,1H3,(H2,25,30)(H,26,27,28). The Morgan fingerprint density at radius 3 is 2.52 bits per heavy atom. The number of allylic oxidation sites excluding steroid dienone is 1. The molecular weight excluding hydrogens is 427 g/mol. The van der Waals surface area contributed by atoms with Crippen LogP contribution < -0.4 is 11.1 Å². The van der Waals surface area contributed by atoms with E-state index in [1.807, 2.05) is 30.3 Å². The van der Waals surface area contributed by atoms with Crippen LogP contribution in [0.15, 0.2) is 71.0 Å². The van der Waals surface area contributed by atoms with Gasteiger partial charge in [-0.25, -0.2) is 4.68 Å². The quantitative estimate of drug-likeness (QED) is 0.570. The van der Waals surface area contributed by atoms with Crippen LogP contribution in [0.25, 0.3) is 0 Å². The van der Waals surface area contributed by atoms with E-state index in [1.165, 1.54) is 34.6 Å². The van der Waals surface area contributed by atoms with Crippen molar-refractivity contribution in [1.82, 2.24) is 14.8 Å². The molecule has 1 amide bonds. The lowest BCUT2D eigenvalue weighted by molar-refractivity contribution is -0.138. The monoisotopic (exact) mass is 445 g/mol. The van der Waals surface area contributed by atoms with Gasteiger partial charge in [-0.1, -0.05) is 60.3 Å². The summed E-state index contributed by atoms with van der Waals surface area (Å²) in [6.07, 6.45) is -4.61. The molecule has 3 aromatic rings. The van der Waals surface area contributed by atoms with Crippen LogP contribution in [0.1, 0.15) is 29.7 Å². The third-order valence-electron chi connectivity index (χ3n) is 4.87. The van der Waals surface area contributed by atoms with E-state index in [1.54, 1.807) is 6.92 Å². The minimum Gasteiger partial charge on any atom is -0.366 e. The Kier molecular flexibility index (Phi) is 5.48. The molecule has 0 saturated carbocycles. The number of carbonyl (C=O) groups is 1. The van der Waals surface area contributed by atoms with Crippen molar-refractivity contribution in [3.8, 4) is 0 Å². The smallest absolute Gasteiger partial charge is 0.366 e. The van der Waals surface area contributed by atoms with Gasteiger partial charge in [0.25, 0.3) is 0 Å². The first-order valence-electron chi connectivity index (χ1n) is 9.32. The number of nitrogens with one attached hydrogen (secondary N) is 1. The van der Waals surface area contributed by atoms with Gasteiger partial charge in [-0.3, -0.25) is 4.79 Å². The number of amides is 1. The number of fused-ring (bicyclic) bond motifs is 1. The lowest BCUT2D eigenvalue weighted by Gasteiger charge is -2.29. The number of carbonyl (C=O) groups excluding carboxylic acids is 1. The molecule has 160 valence electrons. The number of primary amides is 1. The minimum absolute atomic E-state index is 0.00806. The maximum Gasteiger partial charge on any atom is 0.416 e. The largest absolute Gasteiger partial charge is 0.416 e. The van der Waals surface area contributed by atoms with Crippen LogP contribution in [-0.4, -0.2) is 20.7 Å². The van der Waals surface area contributed by atoms with Crippen molar-refractivity contribution >= 4 is 23.6 Å². The lowest BCUT2D eigenvalue weighted by Crippen LogP contribution is -2.33. The average molecular weight is 445 g/mol. The molecule has 2 aromatic carbocycles. The van der Waals surface area contributed by atoms with Crippen molar-refractivity contribution in [3.63, 3.8) is 0 Å². The second kappa shape index (κ2) is 8.10. The summed E-state index contributed by atoms with van der Waals surface area (Å²) in [5.41, 5.74) is 5.99. The van der Waals surface area contributed by atoms with E-state index >= 15 is 0 Å². The molecule has 0 fully saturated rings. The third kappa shape index (κ3) is 4.15. The number of benzene rings is 2. The number of rotatable bonds is 5. The van der Waals surface area contributed by atoms with Crippen LogP contribution in [0.2, 0.25) is 0 Å². The van der Waals surface area contributed by atoms with Crippen molar-refractivity contribution in [2.75, 3.05) is 5.32 Å². The summed E-state index contributed by atoms with van der Waals surface area (Å²) < 4.78 is 42.5. The van der Waals surface area contributed by atoms with E-state index in [0.717, 1.165) is 11.6 Å². The highest BCUT2D eigenvalue weighted by molar-refractivity contribution is 7.98. The Morgan fingerprint density at radius 1 is 1.16 bits per heavy atom. The molecule has 1 aliphatic heterocycles. The zero-order valence-electron chi connectivity index (χ0n) is 16.3. The minimum atomic E-state index is -4.61. The molecule has 0 spiro atoms. The van der Waals surface area contributed by atoms with Crippen LogP contribution in [0.3, 0.4) is 0 Å². The van der Waals surface area contributed by atoms with Gasteiger partial charge in [0.15, 0.2) is 0 Å². The molecular formula is C21H18F3N5OS. The van der Waals surface area contributed by atoms with Gasteiger partial charge in [-0.05, 0) is 24.1 Å². The molecule has 4 rings (SSSR count). The first-order chi connectivity index (χ1) is 14.8. The molecule has 1 unspecified atom stereocenters. The number of anilines is 1. The topological polar surface area (TPSA) is 85.8 Å². The van der Waals surface area contributed by atoms with Gasteiger partial charge >= 0.3 is 6.18 Å². The highest BCUT2D eigenvalue weighted by atomic mass is 32.2. The maximum absolute atomic E-state index is 13.7. The number of nitrogens with two attached hydrogens (primary N) is 1. The molecule has 0 aliphatic carbocycles. The highest BCUT2D eigenvalue weighted by Gasteiger charge is 2.40. The van der Waals surface area contributed by atoms with E-state index in [9.17, 15) is 18.0 Å². The van der Waals surface area contributed by atoms with Crippen molar-refractivity contribution in [2.24, 2.45) is 5.73 Å². The zero-order valence-corrected chi connectivity index (χ0v) is 17.2. The fourth-order valence-corrected chi connectivity index (χ4v) is 4.30. The van der Waals surface area contributed by atoms with Crippen molar-refractivity contribution in [2.45, 2.75) is 30.1 Å². The molecule has 1 aliphatic rings. The number of hydrogen-bond donors (Lipinski definition) is 2. The number of nitrogens with zero attached hydrogens (tertiary/aromatic N) is 3. The van der Waals surface area contributed by atoms with Crippen molar-refractivity contribution < 1.29 is 18.0 Å². The van der Waals surface area contributed by atoms with Gasteiger partial charge in [-0.2, -0.15) is 18.2 Å². The Bertz CT molecular complexity index is 1160. The van der Waals surface area contributed by atoms with E-state index in [0.29, 0.717) is 16.6 Å². The number of halogens is 3. The first-order valence-corrected chi connectivity index (χ1v) is 10.3. The number of hydrogen-bond acceptors (Lipinski definition) is 5. The summed E-state index contributed by atoms with van der Waals surface area (Å²) in [6, 6.07) is 13.6. The molecule has 3 N–H and O–H groups in total. The van der Waals surface area contributed by atoms with Crippen LogP contribution in [-0.2, 0) is 16.7 Å². The predicted molar refractivity (Wildman–Crippen MR) is 111 cm³/mol. The summed E-state index contributed by atoms with van der Waals surface area (Å²) in [5, 5.41) is 7.73. The average Bonchev–Trinajstić information content (AvgIpc) is 3.13. The van der Waals surface area contributed by atoms with Gasteiger partial charge in [0.1, 0.15) is 6.04 Å². The Labute approximate surface area is 180 Å². The SMILES string of the molecule is CC1=C(C(N)=O)C(c2ccccc2C(F)(F)F)n2nc(SCc3ccccc3)nc2N1. The fraction of sp³-hybridized carbons (Fsp3) is 0.190. The van der Waals surface area contributed by atoms with Crippen LogP contribution in [0, 0.1) is 0 Å². The van der Waals surface area contributed by atoms with E-state index in [4.69, 9.17) is 5.73 Å². The lowest BCUT2D eigenvalue weighted by atomic mass is 9.91. The summed E-state index contributed by atoms with van der Waals surface area (Å²) in [6.45, 7) is 1.58. The molecule has 2 heterocycles. The number of alkyl halides is 3. The Hall–Kier alpha value is -3.27. The molecule has 1 aromatic heterocycles. The zero-order chi connectivity index (χ0) is 22.2. The molecule has 10 heteroatoms. The normalized spacial score (nSPS) is 16.1. The van der Waals surface area contributed by atoms with Gasteiger partial charge < -0.3 is 11.1 Å². The molecule has 1 atom stereocenters. The predicted octanol–water partition coefficient (Wildman–Crippen LogP) is 4.36. The molecule has 0 bridgehead atoms. The van der Waals surface area contributed by atoms with Gasteiger partial charge in [0.05, 0.1) is 11.1 Å². The highest BCUT2D eigenvalue weighted by Crippen LogP contribution is 2.41. The van der Waals surface area contributed by atoms with Crippen LogP contribution in [0.4, 0.5) is 19.1 Å². The molecule has 6 nitrogen and oxygen atoms in total. The second-order valence-electron chi connectivity index (χ2n) is 6.95. The number of thioether (sulfide) groups is 1. The summed E-state index contributed by atoms with van der Waals surface area (Å²) >= 11 is 1.34. The summed E-state index contributed by atoms with van der Waals surface area (Å²) in [7, 11) is 0. The van der Waals surface area contributed by atoms with E-state index in [-0.39, 0.29) is 17.1 Å². The summed E-state index contributed by atoms with van der Waals surface area (Å²) in [5.74, 6) is 0.00932. The third-order valence-corrected chi connectivity index (χ3v) is 5.78. The van der Waals surface area contributed by atoms with Gasteiger partial charge in [0, 0.05) is 11.4 Å². The van der Waals surface area contributed by atoms with E-state index in [2.05, 4.69) is 15.4 Å². The van der Waals surface area contributed by atoms with Crippen LogP contribution in [0.5, 0.6) is 0 Å². The van der Waals surface area contributed by atoms with Gasteiger partial charge in [-0.15, -0.1) is 5.10 Å². The second-order valence-corrected chi connectivity index (χ2v) is 7.89. The van der Waals surface area contributed by atoms with Gasteiger partial charge in [0.2, 0.25) is 17.0 Å². The molecule has 0 saturated heterocycles. The van der Waals surface area contributed by atoms with Crippen molar-refractivity contribution in [1.29, 1.82) is 0 Å². The number of aromatic nitrogens is 3.